The van der Waals surface area contributed by atoms with Crippen molar-refractivity contribution < 1.29 is 23.4 Å². The molecule has 7 nitrogen and oxygen atoms in total. The molecule has 0 fully saturated rings. The van der Waals surface area contributed by atoms with Crippen LogP contribution in [0.25, 0.3) is 22.3 Å². The van der Waals surface area contributed by atoms with E-state index in [1.165, 1.54) is 12.3 Å². The van der Waals surface area contributed by atoms with Gasteiger partial charge < -0.3 is 20.1 Å². The van der Waals surface area contributed by atoms with E-state index in [2.05, 4.69) is 20.3 Å². The lowest BCUT2D eigenvalue weighted by molar-refractivity contribution is 0.0481. The Hall–Kier alpha value is -3.85. The standard InChI is InChI=1S/C22H16F2N4O3/c23-14-2-4-17-18(19(14)24)20(16(29)10-31-17)28-22(30)11-1-3-15(27-9-11)12-5-7-25-21-13(12)6-8-26-21/h1-9,16,20,29H,10H2,(H,25,26)(H,28,30)/t16-,20-/m1/s1. The first-order chi connectivity index (χ1) is 15.0. The maximum absolute atomic E-state index is 14.4. The number of hydrogen-bond donors (Lipinski definition) is 3. The monoisotopic (exact) mass is 422 g/mol. The molecule has 0 radical (unpaired) electrons. The topological polar surface area (TPSA) is 100 Å². The number of pyridine rings is 2. The summed E-state index contributed by atoms with van der Waals surface area (Å²) in [5.74, 6) is -2.75. The lowest BCUT2D eigenvalue weighted by Crippen LogP contribution is -2.42. The van der Waals surface area contributed by atoms with Gasteiger partial charge in [-0.05, 0) is 36.4 Å². The zero-order valence-corrected chi connectivity index (χ0v) is 16.0. The molecule has 0 aliphatic carbocycles. The van der Waals surface area contributed by atoms with Crippen molar-refractivity contribution in [3.05, 3.63) is 77.8 Å². The highest BCUT2D eigenvalue weighted by molar-refractivity contribution is 5.95. The number of halogens is 2. The number of fused-ring (bicyclic) bond motifs is 2. The Morgan fingerprint density at radius 2 is 2.03 bits per heavy atom. The summed E-state index contributed by atoms with van der Waals surface area (Å²) in [6, 6.07) is 8.02. The molecule has 0 spiro atoms. The third kappa shape index (κ3) is 3.28. The Morgan fingerprint density at radius 1 is 1.16 bits per heavy atom. The molecule has 1 aromatic carbocycles. The van der Waals surface area contributed by atoms with Gasteiger partial charge in [-0.3, -0.25) is 9.78 Å². The first-order valence-corrected chi connectivity index (χ1v) is 9.51. The molecule has 1 amide bonds. The van der Waals surface area contributed by atoms with Crippen LogP contribution < -0.4 is 10.1 Å². The average molecular weight is 422 g/mol. The number of ether oxygens (including phenoxy) is 1. The van der Waals surface area contributed by atoms with Gasteiger partial charge in [-0.15, -0.1) is 0 Å². The summed E-state index contributed by atoms with van der Waals surface area (Å²) >= 11 is 0. The van der Waals surface area contributed by atoms with Crippen molar-refractivity contribution in [1.82, 2.24) is 20.3 Å². The molecule has 31 heavy (non-hydrogen) atoms. The van der Waals surface area contributed by atoms with Gasteiger partial charge in [-0.25, -0.2) is 13.8 Å². The van der Waals surface area contributed by atoms with Crippen LogP contribution in [0.4, 0.5) is 8.78 Å². The summed E-state index contributed by atoms with van der Waals surface area (Å²) in [7, 11) is 0. The first-order valence-electron chi connectivity index (χ1n) is 9.51. The minimum absolute atomic E-state index is 0.0798. The van der Waals surface area contributed by atoms with Crippen LogP contribution in [0.1, 0.15) is 22.0 Å². The van der Waals surface area contributed by atoms with E-state index in [0.717, 1.165) is 22.7 Å². The van der Waals surface area contributed by atoms with Gasteiger partial charge in [-0.2, -0.15) is 0 Å². The zero-order valence-electron chi connectivity index (χ0n) is 16.0. The molecule has 4 heterocycles. The maximum Gasteiger partial charge on any atom is 0.253 e. The molecule has 3 N–H and O–H groups in total. The van der Waals surface area contributed by atoms with E-state index in [9.17, 15) is 18.7 Å². The number of nitrogens with one attached hydrogen (secondary N) is 2. The number of H-pyrrole nitrogens is 1. The minimum Gasteiger partial charge on any atom is -0.490 e. The van der Waals surface area contributed by atoms with Crippen LogP contribution in [0, 0.1) is 11.6 Å². The summed E-state index contributed by atoms with van der Waals surface area (Å²) in [6.45, 7) is -0.158. The fraction of sp³-hybridized carbons (Fsp3) is 0.136. The van der Waals surface area contributed by atoms with Crippen LogP contribution >= 0.6 is 0 Å². The van der Waals surface area contributed by atoms with Gasteiger partial charge in [-0.1, -0.05) is 0 Å². The number of amides is 1. The van der Waals surface area contributed by atoms with Gasteiger partial charge in [0, 0.05) is 29.5 Å². The van der Waals surface area contributed by atoms with Crippen molar-refractivity contribution in [2.24, 2.45) is 0 Å². The fourth-order valence-electron chi connectivity index (χ4n) is 3.69. The highest BCUT2D eigenvalue weighted by Crippen LogP contribution is 2.35. The number of aromatic amines is 1. The van der Waals surface area contributed by atoms with E-state index in [1.54, 1.807) is 24.5 Å². The van der Waals surface area contributed by atoms with Crippen LogP contribution in [0.3, 0.4) is 0 Å². The number of rotatable bonds is 3. The quantitative estimate of drug-likeness (QED) is 0.471. The molecule has 0 saturated carbocycles. The molecule has 0 unspecified atom stereocenters. The largest absolute Gasteiger partial charge is 0.490 e. The van der Waals surface area contributed by atoms with E-state index in [-0.39, 0.29) is 23.5 Å². The predicted molar refractivity (Wildman–Crippen MR) is 107 cm³/mol. The fourth-order valence-corrected chi connectivity index (χ4v) is 3.69. The zero-order chi connectivity index (χ0) is 21.5. The highest BCUT2D eigenvalue weighted by atomic mass is 19.2. The molecule has 3 aromatic heterocycles. The lowest BCUT2D eigenvalue weighted by Gasteiger charge is -2.31. The number of carbonyl (C=O) groups excluding carboxylic acids is 1. The van der Waals surface area contributed by atoms with E-state index in [4.69, 9.17) is 4.74 Å². The van der Waals surface area contributed by atoms with E-state index in [0.29, 0.717) is 5.69 Å². The summed E-state index contributed by atoms with van der Waals surface area (Å²) in [4.78, 5) is 24.4. The smallest absolute Gasteiger partial charge is 0.253 e. The van der Waals surface area contributed by atoms with Gasteiger partial charge in [0.1, 0.15) is 24.1 Å². The van der Waals surface area contributed by atoms with Crippen LogP contribution in [-0.2, 0) is 0 Å². The Balaban J connectivity index is 1.42. The van der Waals surface area contributed by atoms with Gasteiger partial charge in [0.25, 0.3) is 5.91 Å². The van der Waals surface area contributed by atoms with Gasteiger partial charge in [0.05, 0.1) is 22.9 Å². The van der Waals surface area contributed by atoms with Crippen molar-refractivity contribution in [3.63, 3.8) is 0 Å². The Labute approximate surface area is 174 Å². The Morgan fingerprint density at radius 3 is 2.84 bits per heavy atom. The number of aliphatic hydroxyl groups excluding tert-OH is 1. The highest BCUT2D eigenvalue weighted by Gasteiger charge is 2.35. The number of benzene rings is 1. The van der Waals surface area contributed by atoms with Crippen molar-refractivity contribution in [1.29, 1.82) is 0 Å². The summed E-state index contributed by atoms with van der Waals surface area (Å²) in [5.41, 5.74) is 2.21. The van der Waals surface area contributed by atoms with E-state index in [1.807, 2.05) is 12.1 Å². The number of aliphatic hydroxyl groups is 1. The van der Waals surface area contributed by atoms with E-state index < -0.39 is 29.7 Å². The number of nitrogens with zero attached hydrogens (tertiary/aromatic N) is 2. The maximum atomic E-state index is 14.4. The van der Waals surface area contributed by atoms with Crippen LogP contribution in [0.2, 0.25) is 0 Å². The second-order valence-electron chi connectivity index (χ2n) is 7.13. The molecule has 2 atom stereocenters. The Bertz CT molecular complexity index is 1290. The summed E-state index contributed by atoms with van der Waals surface area (Å²) < 4.78 is 33.3. The SMILES string of the molecule is O=C(N[C@H]1c2c(ccc(F)c2F)OC[C@H]1O)c1ccc(-c2ccnc3[nH]ccc23)nc1. The number of aromatic nitrogens is 3. The van der Waals surface area contributed by atoms with Crippen molar-refractivity contribution in [2.75, 3.05) is 6.61 Å². The van der Waals surface area contributed by atoms with Gasteiger partial charge >= 0.3 is 0 Å². The van der Waals surface area contributed by atoms with Gasteiger partial charge in [0.15, 0.2) is 11.6 Å². The van der Waals surface area contributed by atoms with Crippen LogP contribution in [0.15, 0.2) is 55.0 Å². The molecule has 0 bridgehead atoms. The molecule has 156 valence electrons. The average Bonchev–Trinajstić information content (AvgIpc) is 3.27. The molecular formula is C22H16F2N4O3. The van der Waals surface area contributed by atoms with Crippen LogP contribution in [0.5, 0.6) is 5.75 Å². The lowest BCUT2D eigenvalue weighted by atomic mass is 9.97. The third-order valence-electron chi connectivity index (χ3n) is 5.25. The third-order valence-corrected chi connectivity index (χ3v) is 5.25. The summed E-state index contributed by atoms with van der Waals surface area (Å²) in [5, 5.41) is 13.7. The second kappa shape index (κ2) is 7.44. The van der Waals surface area contributed by atoms with Crippen LogP contribution in [-0.4, -0.2) is 38.7 Å². The minimum atomic E-state index is -1.24. The molecular weight excluding hydrogens is 406 g/mol. The molecule has 5 rings (SSSR count). The number of carbonyl (C=O) groups is 1. The molecule has 0 saturated heterocycles. The normalized spacial score (nSPS) is 17.8. The number of hydrogen-bond acceptors (Lipinski definition) is 5. The molecule has 1 aliphatic rings. The molecule has 9 heteroatoms. The first kappa shape index (κ1) is 19.1. The summed E-state index contributed by atoms with van der Waals surface area (Å²) in [6.07, 6.45) is 3.59. The van der Waals surface area contributed by atoms with Gasteiger partial charge in [0.2, 0.25) is 0 Å². The molecule has 4 aromatic rings. The van der Waals surface area contributed by atoms with Crippen molar-refractivity contribution in [2.45, 2.75) is 12.1 Å². The molecule has 1 aliphatic heterocycles. The van der Waals surface area contributed by atoms with E-state index >= 15 is 0 Å². The van der Waals surface area contributed by atoms with Crippen molar-refractivity contribution >= 4 is 16.9 Å². The van der Waals surface area contributed by atoms with Crippen molar-refractivity contribution in [3.8, 4) is 17.0 Å². The second-order valence-corrected chi connectivity index (χ2v) is 7.13. The Kier molecular flexibility index (Phi) is 4.59. The predicted octanol–water partition coefficient (Wildman–Crippen LogP) is 3.13.